The average molecular weight is 391 g/mol. The molecule has 5 nitrogen and oxygen atoms in total. The van der Waals surface area contributed by atoms with Gasteiger partial charge in [-0.05, 0) is 69.2 Å². The fourth-order valence-electron chi connectivity index (χ4n) is 2.36. The highest BCUT2D eigenvalue weighted by atomic mass is 127. The number of ether oxygens (including phenoxy) is 1. The van der Waals surface area contributed by atoms with Crippen LogP contribution >= 0.6 is 22.6 Å². The van der Waals surface area contributed by atoms with Crippen LogP contribution in [0.2, 0.25) is 0 Å². The minimum Gasteiger partial charge on any atom is -0.444 e. The molecule has 20 heavy (non-hydrogen) atoms. The quantitative estimate of drug-likeness (QED) is 0.690. The lowest BCUT2D eigenvalue weighted by Crippen LogP contribution is -2.42. The van der Waals surface area contributed by atoms with Crippen LogP contribution in [-0.2, 0) is 4.74 Å². The molecule has 0 N–H and O–H groups in total. The second-order valence-electron chi connectivity index (χ2n) is 6.25. The molecule has 0 aliphatic carbocycles. The zero-order valence-electron chi connectivity index (χ0n) is 12.5. The summed E-state index contributed by atoms with van der Waals surface area (Å²) in [6.45, 7) is 9.16. The first-order chi connectivity index (χ1) is 9.26. The highest BCUT2D eigenvalue weighted by Crippen LogP contribution is 2.25. The minimum atomic E-state index is -0.428. The van der Waals surface area contributed by atoms with Gasteiger partial charge in [-0.25, -0.2) is 4.79 Å². The van der Waals surface area contributed by atoms with Gasteiger partial charge in [-0.3, -0.25) is 4.68 Å². The Kier molecular flexibility index (Phi) is 4.61. The first-order valence-electron chi connectivity index (χ1n) is 6.96. The zero-order valence-corrected chi connectivity index (χ0v) is 14.7. The van der Waals surface area contributed by atoms with E-state index in [4.69, 9.17) is 4.74 Å². The van der Waals surface area contributed by atoms with Crippen LogP contribution in [0.25, 0.3) is 0 Å². The molecule has 1 aromatic heterocycles. The van der Waals surface area contributed by atoms with Gasteiger partial charge in [0.15, 0.2) is 0 Å². The Hall–Kier alpha value is -0.790. The van der Waals surface area contributed by atoms with Gasteiger partial charge in [0.2, 0.25) is 0 Å². The third-order valence-electron chi connectivity index (χ3n) is 3.27. The fraction of sp³-hybridized carbons (Fsp3) is 0.714. The molecule has 0 spiro atoms. The number of amides is 1. The van der Waals surface area contributed by atoms with E-state index in [9.17, 15) is 4.79 Å². The van der Waals surface area contributed by atoms with Crippen molar-refractivity contribution in [3.63, 3.8) is 0 Å². The van der Waals surface area contributed by atoms with E-state index in [0.717, 1.165) is 35.3 Å². The van der Waals surface area contributed by atoms with Gasteiger partial charge in [0, 0.05) is 13.1 Å². The Morgan fingerprint density at radius 3 is 2.45 bits per heavy atom. The van der Waals surface area contributed by atoms with E-state index in [-0.39, 0.29) is 6.09 Å². The SMILES string of the molecule is Cc1cc(I)n(C2CCN(C(=O)OC(C)(C)C)CC2)n1. The molecule has 6 heteroatoms. The summed E-state index contributed by atoms with van der Waals surface area (Å²) in [6.07, 6.45) is 1.65. The Balaban J connectivity index is 1.92. The maximum atomic E-state index is 12.0. The summed E-state index contributed by atoms with van der Waals surface area (Å²) in [6, 6.07) is 2.47. The van der Waals surface area contributed by atoms with E-state index < -0.39 is 5.60 Å². The molecule has 1 fully saturated rings. The van der Waals surface area contributed by atoms with Crippen LogP contribution in [0, 0.1) is 10.6 Å². The Morgan fingerprint density at radius 2 is 2.00 bits per heavy atom. The number of carbonyl (C=O) groups is 1. The van der Waals surface area contributed by atoms with Crippen molar-refractivity contribution in [2.24, 2.45) is 0 Å². The predicted octanol–water partition coefficient (Wildman–Crippen LogP) is 3.37. The van der Waals surface area contributed by atoms with Crippen LogP contribution in [-0.4, -0.2) is 39.5 Å². The number of rotatable bonds is 1. The largest absolute Gasteiger partial charge is 0.444 e. The molecule has 0 atom stereocenters. The number of aromatic nitrogens is 2. The Bertz CT molecular complexity index is 485. The van der Waals surface area contributed by atoms with Crippen LogP contribution in [0.5, 0.6) is 0 Å². The van der Waals surface area contributed by atoms with Gasteiger partial charge >= 0.3 is 6.09 Å². The highest BCUT2D eigenvalue weighted by Gasteiger charge is 2.28. The van der Waals surface area contributed by atoms with Gasteiger partial charge in [0.1, 0.15) is 5.60 Å². The van der Waals surface area contributed by atoms with Crippen molar-refractivity contribution in [3.8, 4) is 0 Å². The molecule has 112 valence electrons. The van der Waals surface area contributed by atoms with E-state index in [0.29, 0.717) is 6.04 Å². The van der Waals surface area contributed by atoms with E-state index in [1.54, 1.807) is 4.90 Å². The van der Waals surface area contributed by atoms with Gasteiger partial charge < -0.3 is 9.64 Å². The molecule has 1 saturated heterocycles. The van der Waals surface area contributed by atoms with Crippen LogP contribution in [0.15, 0.2) is 6.07 Å². The van der Waals surface area contributed by atoms with Gasteiger partial charge in [-0.1, -0.05) is 0 Å². The number of hydrogen-bond donors (Lipinski definition) is 0. The Labute approximate surface area is 133 Å². The third-order valence-corrected chi connectivity index (χ3v) is 4.08. The first kappa shape index (κ1) is 15.6. The number of nitrogens with zero attached hydrogens (tertiary/aromatic N) is 3. The molecule has 2 rings (SSSR count). The Morgan fingerprint density at radius 1 is 1.40 bits per heavy atom. The van der Waals surface area contributed by atoms with Crippen molar-refractivity contribution in [1.29, 1.82) is 0 Å². The lowest BCUT2D eigenvalue weighted by molar-refractivity contribution is 0.0184. The lowest BCUT2D eigenvalue weighted by atomic mass is 10.1. The summed E-state index contributed by atoms with van der Waals surface area (Å²) in [5.74, 6) is 0. The van der Waals surface area contributed by atoms with Crippen molar-refractivity contribution >= 4 is 28.7 Å². The van der Waals surface area contributed by atoms with Gasteiger partial charge in [0.05, 0.1) is 15.4 Å². The lowest BCUT2D eigenvalue weighted by Gasteiger charge is -2.33. The number of likely N-dealkylation sites (tertiary alicyclic amines) is 1. The average Bonchev–Trinajstić information content (AvgIpc) is 2.66. The summed E-state index contributed by atoms with van der Waals surface area (Å²) < 4.78 is 8.66. The molecule has 0 unspecified atom stereocenters. The molecule has 0 saturated carbocycles. The molecule has 2 heterocycles. The topological polar surface area (TPSA) is 47.4 Å². The molecule has 1 amide bonds. The van der Waals surface area contributed by atoms with Crippen molar-refractivity contribution in [2.45, 2.75) is 52.2 Å². The number of carbonyl (C=O) groups excluding carboxylic acids is 1. The van der Waals surface area contributed by atoms with Crippen molar-refractivity contribution in [2.75, 3.05) is 13.1 Å². The van der Waals surface area contributed by atoms with Crippen LogP contribution < -0.4 is 0 Å². The number of aryl methyl sites for hydroxylation is 1. The smallest absolute Gasteiger partial charge is 0.410 e. The van der Waals surface area contributed by atoms with E-state index in [2.05, 4.69) is 38.4 Å². The predicted molar refractivity (Wildman–Crippen MR) is 85.8 cm³/mol. The number of piperidine rings is 1. The van der Waals surface area contributed by atoms with Crippen molar-refractivity contribution in [1.82, 2.24) is 14.7 Å². The number of halogens is 1. The molecule has 0 bridgehead atoms. The second kappa shape index (κ2) is 5.91. The van der Waals surface area contributed by atoms with Gasteiger partial charge in [-0.15, -0.1) is 0 Å². The van der Waals surface area contributed by atoms with Crippen LogP contribution in [0.4, 0.5) is 4.79 Å². The van der Waals surface area contributed by atoms with E-state index in [1.165, 1.54) is 0 Å². The van der Waals surface area contributed by atoms with E-state index >= 15 is 0 Å². The fourth-order valence-corrected chi connectivity index (χ4v) is 3.31. The molecule has 0 aromatic carbocycles. The molecular weight excluding hydrogens is 369 g/mol. The molecule has 1 aromatic rings. The van der Waals surface area contributed by atoms with Gasteiger partial charge in [-0.2, -0.15) is 5.10 Å². The van der Waals surface area contributed by atoms with E-state index in [1.807, 2.05) is 27.7 Å². The highest BCUT2D eigenvalue weighted by molar-refractivity contribution is 14.1. The summed E-state index contributed by atoms with van der Waals surface area (Å²) in [7, 11) is 0. The van der Waals surface area contributed by atoms with Crippen LogP contribution in [0.3, 0.4) is 0 Å². The molecule has 1 aliphatic heterocycles. The minimum absolute atomic E-state index is 0.206. The normalized spacial score (nSPS) is 17.4. The van der Waals surface area contributed by atoms with Crippen molar-refractivity contribution < 1.29 is 9.53 Å². The molecule has 1 aliphatic rings. The standard InChI is InChI=1S/C14H22IN3O2/c1-10-9-12(15)18(16-10)11-5-7-17(8-6-11)13(19)20-14(2,3)4/h9,11H,5-8H2,1-4H3. The summed E-state index contributed by atoms with van der Waals surface area (Å²) >= 11 is 2.32. The maximum Gasteiger partial charge on any atom is 0.410 e. The summed E-state index contributed by atoms with van der Waals surface area (Å²) in [5, 5.41) is 4.54. The van der Waals surface area contributed by atoms with Crippen LogP contribution in [0.1, 0.15) is 45.3 Å². The summed E-state index contributed by atoms with van der Waals surface area (Å²) in [4.78, 5) is 13.8. The monoisotopic (exact) mass is 391 g/mol. The zero-order chi connectivity index (χ0) is 14.9. The molecule has 0 radical (unpaired) electrons. The molecular formula is C14H22IN3O2. The first-order valence-corrected chi connectivity index (χ1v) is 8.04. The van der Waals surface area contributed by atoms with Crippen molar-refractivity contribution in [3.05, 3.63) is 15.5 Å². The third kappa shape index (κ3) is 3.86. The van der Waals surface area contributed by atoms with Gasteiger partial charge in [0.25, 0.3) is 0 Å². The summed E-state index contributed by atoms with van der Waals surface area (Å²) in [5.41, 5.74) is 0.617. The second-order valence-corrected chi connectivity index (χ2v) is 7.36. The maximum absolute atomic E-state index is 12.0. The number of hydrogen-bond acceptors (Lipinski definition) is 3.